The maximum absolute atomic E-state index is 5.96. The predicted octanol–water partition coefficient (Wildman–Crippen LogP) is 3.90. The summed E-state index contributed by atoms with van der Waals surface area (Å²) < 4.78 is 5.38. The van der Waals surface area contributed by atoms with Gasteiger partial charge in [0.15, 0.2) is 0 Å². The van der Waals surface area contributed by atoms with Gasteiger partial charge in [-0.2, -0.15) is 0 Å². The Morgan fingerprint density at radius 3 is 2.94 bits per heavy atom. The van der Waals surface area contributed by atoms with Gasteiger partial charge in [-0.15, -0.1) is 0 Å². The van der Waals surface area contributed by atoms with Gasteiger partial charge in [-0.1, -0.05) is 42.4 Å². The highest BCUT2D eigenvalue weighted by molar-refractivity contribution is 6.30. The molecule has 0 fully saturated rings. The Morgan fingerprint density at radius 1 is 1.44 bits per heavy atom. The molecule has 0 radical (unpaired) electrons. The van der Waals surface area contributed by atoms with E-state index in [9.17, 15) is 0 Å². The lowest BCUT2D eigenvalue weighted by Crippen LogP contribution is -1.95. The van der Waals surface area contributed by atoms with Crippen molar-refractivity contribution >= 4 is 28.1 Å². The van der Waals surface area contributed by atoms with Crippen LogP contribution >= 0.6 is 11.6 Å². The fourth-order valence-electron chi connectivity index (χ4n) is 1.62. The molecule has 0 bridgehead atoms. The topological polar surface area (TPSA) is 22.1 Å². The fraction of sp³-hybridized carbons (Fsp3) is 0.154. The molecule has 0 amide bonds. The number of halogens is 1. The Kier molecular flexibility index (Phi) is 3.11. The SMILES string of the molecule is C=C(OCC)c1nc(Cl)cc2ccccc12. The van der Waals surface area contributed by atoms with Crippen LogP contribution in [0.4, 0.5) is 0 Å². The van der Waals surface area contributed by atoms with Gasteiger partial charge >= 0.3 is 0 Å². The fourth-order valence-corrected chi connectivity index (χ4v) is 1.82. The maximum Gasteiger partial charge on any atom is 0.138 e. The normalized spacial score (nSPS) is 10.4. The van der Waals surface area contributed by atoms with Crippen LogP contribution in [-0.2, 0) is 4.74 Å². The first-order valence-corrected chi connectivity index (χ1v) is 5.47. The van der Waals surface area contributed by atoms with E-state index in [1.807, 2.05) is 37.3 Å². The van der Waals surface area contributed by atoms with Gasteiger partial charge in [0.25, 0.3) is 0 Å². The highest BCUT2D eigenvalue weighted by atomic mass is 35.5. The van der Waals surface area contributed by atoms with Crippen LogP contribution in [0.1, 0.15) is 12.6 Å². The van der Waals surface area contributed by atoms with Crippen LogP contribution in [0.25, 0.3) is 16.5 Å². The number of fused-ring (bicyclic) bond motifs is 1. The summed E-state index contributed by atoms with van der Waals surface area (Å²) in [6.07, 6.45) is 0. The van der Waals surface area contributed by atoms with Crippen molar-refractivity contribution in [3.63, 3.8) is 0 Å². The largest absolute Gasteiger partial charge is 0.492 e. The lowest BCUT2D eigenvalue weighted by molar-refractivity contribution is 0.298. The van der Waals surface area contributed by atoms with Crippen molar-refractivity contribution in [3.8, 4) is 0 Å². The minimum atomic E-state index is 0.453. The van der Waals surface area contributed by atoms with Crippen LogP contribution in [-0.4, -0.2) is 11.6 Å². The Morgan fingerprint density at radius 2 is 2.19 bits per heavy atom. The molecule has 0 saturated heterocycles. The van der Waals surface area contributed by atoms with E-state index in [4.69, 9.17) is 16.3 Å². The molecule has 82 valence electrons. The zero-order valence-electron chi connectivity index (χ0n) is 9.03. The summed E-state index contributed by atoms with van der Waals surface area (Å²) in [4.78, 5) is 4.26. The van der Waals surface area contributed by atoms with Gasteiger partial charge in [-0.05, 0) is 18.4 Å². The van der Waals surface area contributed by atoms with Crippen molar-refractivity contribution in [2.24, 2.45) is 0 Å². The molecule has 2 nitrogen and oxygen atoms in total. The molecule has 1 heterocycles. The summed E-state index contributed by atoms with van der Waals surface area (Å²) in [5.74, 6) is 0.557. The predicted molar refractivity (Wildman–Crippen MR) is 67.4 cm³/mol. The molecule has 2 rings (SSSR count). The van der Waals surface area contributed by atoms with Crippen LogP contribution in [0.2, 0.25) is 5.15 Å². The van der Waals surface area contributed by atoms with E-state index in [0.717, 1.165) is 10.8 Å². The van der Waals surface area contributed by atoms with Crippen molar-refractivity contribution in [2.75, 3.05) is 6.61 Å². The Bertz CT molecular complexity index is 536. The average Bonchev–Trinajstić information content (AvgIpc) is 2.28. The summed E-state index contributed by atoms with van der Waals surface area (Å²) in [5.41, 5.74) is 0.713. The third-order valence-electron chi connectivity index (χ3n) is 2.29. The summed E-state index contributed by atoms with van der Waals surface area (Å²) in [6.45, 7) is 6.35. The Labute approximate surface area is 99.5 Å². The summed E-state index contributed by atoms with van der Waals surface area (Å²) in [5, 5.41) is 2.50. The van der Waals surface area contributed by atoms with Crippen LogP contribution in [0.3, 0.4) is 0 Å². The van der Waals surface area contributed by atoms with E-state index in [1.54, 1.807) is 0 Å². The molecule has 1 aromatic carbocycles. The monoisotopic (exact) mass is 233 g/mol. The number of hydrogen-bond acceptors (Lipinski definition) is 2. The van der Waals surface area contributed by atoms with Gasteiger partial charge in [0, 0.05) is 5.39 Å². The van der Waals surface area contributed by atoms with Crippen molar-refractivity contribution in [3.05, 3.63) is 47.8 Å². The summed E-state index contributed by atoms with van der Waals surface area (Å²) in [6, 6.07) is 9.73. The average molecular weight is 234 g/mol. The first kappa shape index (κ1) is 11.0. The van der Waals surface area contributed by atoms with Gasteiger partial charge in [-0.25, -0.2) is 4.98 Å². The molecule has 3 heteroatoms. The van der Waals surface area contributed by atoms with Crippen LogP contribution < -0.4 is 0 Å². The van der Waals surface area contributed by atoms with Gasteiger partial charge < -0.3 is 4.74 Å². The number of hydrogen-bond donors (Lipinski definition) is 0. The third kappa shape index (κ3) is 2.02. The molecule has 0 N–H and O–H groups in total. The first-order valence-electron chi connectivity index (χ1n) is 5.09. The van der Waals surface area contributed by atoms with Crippen molar-refractivity contribution in [1.82, 2.24) is 4.98 Å². The van der Waals surface area contributed by atoms with Crippen molar-refractivity contribution in [2.45, 2.75) is 6.92 Å². The van der Waals surface area contributed by atoms with Crippen LogP contribution in [0.15, 0.2) is 36.9 Å². The zero-order chi connectivity index (χ0) is 11.5. The van der Waals surface area contributed by atoms with Crippen LogP contribution in [0.5, 0.6) is 0 Å². The molecular weight excluding hydrogens is 222 g/mol. The summed E-state index contributed by atoms with van der Waals surface area (Å²) in [7, 11) is 0. The second-order valence-corrected chi connectivity index (χ2v) is 3.76. The van der Waals surface area contributed by atoms with Crippen molar-refractivity contribution < 1.29 is 4.74 Å². The Hall–Kier alpha value is -1.54. The highest BCUT2D eigenvalue weighted by Gasteiger charge is 2.08. The minimum Gasteiger partial charge on any atom is -0.492 e. The smallest absolute Gasteiger partial charge is 0.138 e. The molecule has 2 aromatic rings. The second-order valence-electron chi connectivity index (χ2n) is 3.37. The highest BCUT2D eigenvalue weighted by Crippen LogP contribution is 2.25. The molecular formula is C13H12ClNO. The van der Waals surface area contributed by atoms with Crippen LogP contribution in [0, 0.1) is 0 Å². The van der Waals surface area contributed by atoms with E-state index in [-0.39, 0.29) is 0 Å². The number of rotatable bonds is 3. The number of benzene rings is 1. The van der Waals surface area contributed by atoms with Gasteiger partial charge in [0.1, 0.15) is 16.6 Å². The second kappa shape index (κ2) is 4.54. The van der Waals surface area contributed by atoms with E-state index in [1.165, 1.54) is 0 Å². The molecule has 0 saturated carbocycles. The number of ether oxygens (including phenoxy) is 1. The standard InChI is InChI=1S/C13H12ClNO/c1-3-16-9(2)13-11-7-5-4-6-10(11)8-12(14)15-13/h4-8H,2-3H2,1H3. The molecule has 1 aromatic heterocycles. The first-order chi connectivity index (χ1) is 7.72. The quantitative estimate of drug-likeness (QED) is 0.593. The molecule has 0 aliphatic heterocycles. The molecule has 16 heavy (non-hydrogen) atoms. The van der Waals surface area contributed by atoms with E-state index >= 15 is 0 Å². The van der Waals surface area contributed by atoms with E-state index in [2.05, 4.69) is 11.6 Å². The number of nitrogens with zero attached hydrogens (tertiary/aromatic N) is 1. The third-order valence-corrected chi connectivity index (χ3v) is 2.49. The molecule has 0 aliphatic carbocycles. The van der Waals surface area contributed by atoms with Gasteiger partial charge in [-0.3, -0.25) is 0 Å². The van der Waals surface area contributed by atoms with E-state index in [0.29, 0.717) is 23.2 Å². The zero-order valence-corrected chi connectivity index (χ0v) is 9.79. The van der Waals surface area contributed by atoms with Crippen molar-refractivity contribution in [1.29, 1.82) is 0 Å². The maximum atomic E-state index is 5.96. The minimum absolute atomic E-state index is 0.453. The molecule has 0 spiro atoms. The molecule has 0 unspecified atom stereocenters. The molecule has 0 atom stereocenters. The van der Waals surface area contributed by atoms with E-state index < -0.39 is 0 Å². The lowest BCUT2D eigenvalue weighted by atomic mass is 10.1. The Balaban J connectivity index is 2.63. The molecule has 0 aliphatic rings. The van der Waals surface area contributed by atoms with Gasteiger partial charge in [0.05, 0.1) is 6.61 Å². The number of aromatic nitrogens is 1. The lowest BCUT2D eigenvalue weighted by Gasteiger charge is -2.09. The number of pyridine rings is 1. The summed E-state index contributed by atoms with van der Waals surface area (Å²) >= 11 is 5.96. The van der Waals surface area contributed by atoms with Gasteiger partial charge in [0.2, 0.25) is 0 Å².